The zero-order chi connectivity index (χ0) is 14.8. The molecule has 0 radical (unpaired) electrons. The summed E-state index contributed by atoms with van der Waals surface area (Å²) < 4.78 is 18.3. The number of rotatable bonds is 4. The molecule has 3 rings (SSSR count). The summed E-state index contributed by atoms with van der Waals surface area (Å²) in [5, 5.41) is 8.16. The van der Waals surface area contributed by atoms with E-state index in [2.05, 4.69) is 10.2 Å². The molecule has 1 aromatic carbocycles. The maximum atomic E-state index is 6.01. The van der Waals surface area contributed by atoms with Crippen molar-refractivity contribution in [1.29, 1.82) is 0 Å². The molecule has 1 atom stereocenters. The number of nitrogens with two attached hydrogens (primary N) is 1. The fraction of sp³-hybridized carbons (Fsp3) is 0.429. The molecule has 2 N–H and O–H groups in total. The van der Waals surface area contributed by atoms with E-state index in [0.717, 1.165) is 19.4 Å². The van der Waals surface area contributed by atoms with Crippen molar-refractivity contribution < 1.29 is 14.2 Å². The first-order valence-electron chi connectivity index (χ1n) is 6.80. The van der Waals surface area contributed by atoms with Crippen LogP contribution in [0, 0.1) is 0 Å². The average Bonchev–Trinajstić information content (AvgIpc) is 3.15. The summed E-state index contributed by atoms with van der Waals surface area (Å²) in [4.78, 5) is 0. The summed E-state index contributed by atoms with van der Waals surface area (Å²) in [6, 6.07) is 5.54. The number of methoxy groups -OCH3 is 2. The maximum Gasteiger partial charge on any atom is 0.226 e. The highest BCUT2D eigenvalue weighted by atomic mass is 16.5. The minimum absolute atomic E-state index is 0.107. The average molecular weight is 290 g/mol. The van der Waals surface area contributed by atoms with E-state index < -0.39 is 0 Å². The molecular formula is C14H18N4O3. The summed E-state index contributed by atoms with van der Waals surface area (Å²) in [6.07, 6.45) is 1.79. The predicted octanol–water partition coefficient (Wildman–Crippen LogP) is 1.72. The van der Waals surface area contributed by atoms with Crippen LogP contribution in [0.15, 0.2) is 18.2 Å². The number of para-hydroxylation sites is 1. The Morgan fingerprint density at radius 3 is 2.52 bits per heavy atom. The fourth-order valence-corrected chi connectivity index (χ4v) is 2.58. The third-order valence-electron chi connectivity index (χ3n) is 3.56. The highest BCUT2D eigenvalue weighted by Gasteiger charge is 2.28. The van der Waals surface area contributed by atoms with Gasteiger partial charge in [-0.25, -0.2) is 0 Å². The lowest BCUT2D eigenvalue weighted by atomic mass is 10.2. The molecule has 112 valence electrons. The zero-order valence-corrected chi connectivity index (χ0v) is 12.1. The molecule has 0 amide bonds. The molecule has 1 aliphatic rings. The Morgan fingerprint density at radius 2 is 1.95 bits per heavy atom. The van der Waals surface area contributed by atoms with Crippen molar-refractivity contribution in [2.45, 2.75) is 18.9 Å². The summed E-state index contributed by atoms with van der Waals surface area (Å²) in [6.45, 7) is 0.723. The summed E-state index contributed by atoms with van der Waals surface area (Å²) in [5.74, 6) is 2.23. The van der Waals surface area contributed by atoms with Crippen LogP contribution in [0.3, 0.4) is 0 Å². The summed E-state index contributed by atoms with van der Waals surface area (Å²) in [5.41, 5.74) is 6.70. The second kappa shape index (κ2) is 5.61. The number of ether oxygens (including phenoxy) is 3. The normalized spacial score (nSPS) is 17.9. The SMILES string of the molecule is COc1cccc(OC)c1-n1c(N)nnc1[C@H]1CCCO1. The van der Waals surface area contributed by atoms with Crippen LogP contribution in [0.2, 0.25) is 0 Å². The minimum atomic E-state index is -0.107. The molecule has 7 heteroatoms. The molecule has 2 heterocycles. The Hall–Kier alpha value is -2.28. The van der Waals surface area contributed by atoms with Gasteiger partial charge >= 0.3 is 0 Å². The van der Waals surface area contributed by atoms with Crippen molar-refractivity contribution in [1.82, 2.24) is 14.8 Å². The van der Waals surface area contributed by atoms with Gasteiger partial charge in [0.05, 0.1) is 14.2 Å². The van der Waals surface area contributed by atoms with Gasteiger partial charge in [0.25, 0.3) is 0 Å². The zero-order valence-electron chi connectivity index (χ0n) is 12.1. The van der Waals surface area contributed by atoms with Crippen LogP contribution in [0.4, 0.5) is 5.95 Å². The Balaban J connectivity index is 2.18. The van der Waals surface area contributed by atoms with Crippen LogP contribution in [0.25, 0.3) is 5.69 Å². The van der Waals surface area contributed by atoms with Gasteiger partial charge in [-0.1, -0.05) is 6.07 Å². The minimum Gasteiger partial charge on any atom is -0.494 e. The van der Waals surface area contributed by atoms with E-state index in [4.69, 9.17) is 19.9 Å². The third kappa shape index (κ3) is 2.29. The van der Waals surface area contributed by atoms with Crippen LogP contribution >= 0.6 is 0 Å². The van der Waals surface area contributed by atoms with E-state index in [1.54, 1.807) is 18.8 Å². The largest absolute Gasteiger partial charge is 0.494 e. The van der Waals surface area contributed by atoms with E-state index in [-0.39, 0.29) is 12.1 Å². The number of anilines is 1. The first-order valence-corrected chi connectivity index (χ1v) is 6.80. The Labute approximate surface area is 122 Å². The third-order valence-corrected chi connectivity index (χ3v) is 3.56. The molecule has 2 aromatic rings. The Bertz CT molecular complexity index is 613. The topological polar surface area (TPSA) is 84.4 Å². The molecule has 21 heavy (non-hydrogen) atoms. The molecular weight excluding hydrogens is 272 g/mol. The quantitative estimate of drug-likeness (QED) is 0.923. The van der Waals surface area contributed by atoms with Gasteiger partial charge in [0.2, 0.25) is 5.95 Å². The summed E-state index contributed by atoms with van der Waals surface area (Å²) in [7, 11) is 3.20. The number of nitrogens with zero attached hydrogens (tertiary/aromatic N) is 3. The maximum absolute atomic E-state index is 6.01. The van der Waals surface area contributed by atoms with E-state index >= 15 is 0 Å². The van der Waals surface area contributed by atoms with E-state index in [1.165, 1.54) is 0 Å². The lowest BCUT2D eigenvalue weighted by Gasteiger charge is -2.17. The van der Waals surface area contributed by atoms with Gasteiger partial charge in [-0.2, -0.15) is 0 Å². The van der Waals surface area contributed by atoms with E-state index in [1.807, 2.05) is 18.2 Å². The fourth-order valence-electron chi connectivity index (χ4n) is 2.58. The van der Waals surface area contributed by atoms with E-state index in [9.17, 15) is 0 Å². The predicted molar refractivity (Wildman–Crippen MR) is 76.8 cm³/mol. The molecule has 1 aliphatic heterocycles. The van der Waals surface area contributed by atoms with Crippen LogP contribution in [0.1, 0.15) is 24.8 Å². The highest BCUT2D eigenvalue weighted by Crippen LogP contribution is 2.37. The monoisotopic (exact) mass is 290 g/mol. The molecule has 1 aromatic heterocycles. The molecule has 0 saturated carbocycles. The van der Waals surface area contributed by atoms with Crippen LogP contribution < -0.4 is 15.2 Å². The van der Waals surface area contributed by atoms with Crippen LogP contribution in [-0.4, -0.2) is 35.6 Å². The number of hydrogen-bond donors (Lipinski definition) is 1. The molecule has 0 bridgehead atoms. The van der Waals surface area contributed by atoms with Crippen molar-refractivity contribution in [3.8, 4) is 17.2 Å². The van der Waals surface area contributed by atoms with Gasteiger partial charge in [0, 0.05) is 6.61 Å². The van der Waals surface area contributed by atoms with Gasteiger partial charge < -0.3 is 19.9 Å². The Kier molecular flexibility index (Phi) is 3.66. The molecule has 0 spiro atoms. The number of benzene rings is 1. The van der Waals surface area contributed by atoms with Gasteiger partial charge in [0.1, 0.15) is 23.3 Å². The lowest BCUT2D eigenvalue weighted by Crippen LogP contribution is -2.11. The van der Waals surface area contributed by atoms with Crippen molar-refractivity contribution in [3.63, 3.8) is 0 Å². The molecule has 7 nitrogen and oxygen atoms in total. The van der Waals surface area contributed by atoms with Gasteiger partial charge in [-0.15, -0.1) is 10.2 Å². The molecule has 0 aliphatic carbocycles. The number of hydrogen-bond acceptors (Lipinski definition) is 6. The van der Waals surface area contributed by atoms with E-state index in [0.29, 0.717) is 23.0 Å². The van der Waals surface area contributed by atoms with Crippen molar-refractivity contribution in [2.24, 2.45) is 0 Å². The van der Waals surface area contributed by atoms with Crippen molar-refractivity contribution in [3.05, 3.63) is 24.0 Å². The van der Waals surface area contributed by atoms with Gasteiger partial charge in [-0.05, 0) is 25.0 Å². The van der Waals surface area contributed by atoms with Crippen molar-refractivity contribution in [2.75, 3.05) is 26.6 Å². The molecule has 0 unspecified atom stereocenters. The van der Waals surface area contributed by atoms with Crippen molar-refractivity contribution >= 4 is 5.95 Å². The second-order valence-electron chi connectivity index (χ2n) is 4.76. The number of aromatic nitrogens is 3. The molecule has 1 saturated heterocycles. The lowest BCUT2D eigenvalue weighted by molar-refractivity contribution is 0.103. The number of nitrogen functional groups attached to an aromatic ring is 1. The molecule has 1 fully saturated rings. The van der Waals surface area contributed by atoms with Gasteiger partial charge in [0.15, 0.2) is 5.82 Å². The van der Waals surface area contributed by atoms with Gasteiger partial charge in [-0.3, -0.25) is 4.57 Å². The summed E-state index contributed by atoms with van der Waals surface area (Å²) >= 11 is 0. The van der Waals surface area contributed by atoms with Crippen LogP contribution in [0.5, 0.6) is 11.5 Å². The smallest absolute Gasteiger partial charge is 0.226 e. The Morgan fingerprint density at radius 1 is 1.24 bits per heavy atom. The van der Waals surface area contributed by atoms with Crippen LogP contribution in [-0.2, 0) is 4.74 Å². The first-order chi connectivity index (χ1) is 10.3. The standard InChI is InChI=1S/C14H18N4O3/c1-19-9-5-3-6-10(20-2)12(9)18-13(16-17-14(18)15)11-7-4-8-21-11/h3,5-6,11H,4,7-8H2,1-2H3,(H2,15,17)/t11-/m1/s1. The highest BCUT2D eigenvalue weighted by molar-refractivity contribution is 5.60. The first kappa shape index (κ1) is 13.7. The second-order valence-corrected chi connectivity index (χ2v) is 4.76.